The van der Waals surface area contributed by atoms with Gasteiger partial charge in [0.05, 0.1) is 18.5 Å². The van der Waals surface area contributed by atoms with Crippen molar-refractivity contribution in [1.29, 1.82) is 0 Å². The highest BCUT2D eigenvalue weighted by Gasteiger charge is 2.16. The highest BCUT2D eigenvalue weighted by Crippen LogP contribution is 2.28. The number of anilines is 3. The molecule has 6 nitrogen and oxygen atoms in total. The zero-order valence-corrected chi connectivity index (χ0v) is 16.6. The Balaban J connectivity index is 1.77. The third-order valence-electron chi connectivity index (χ3n) is 4.86. The first kappa shape index (κ1) is 19.7. The highest BCUT2D eigenvalue weighted by atomic mass is 16.5. The highest BCUT2D eigenvalue weighted by molar-refractivity contribution is 6.07. The fraction of sp³-hybridized carbons (Fsp3) is 0.364. The summed E-state index contributed by atoms with van der Waals surface area (Å²) in [4.78, 5) is 27.1. The van der Waals surface area contributed by atoms with Gasteiger partial charge in [-0.3, -0.25) is 9.59 Å². The molecule has 2 aromatic rings. The van der Waals surface area contributed by atoms with E-state index in [4.69, 9.17) is 4.74 Å². The molecular formula is C22H27N3O3. The molecule has 0 aliphatic carbocycles. The molecule has 1 fully saturated rings. The lowest BCUT2D eigenvalue weighted by Crippen LogP contribution is -2.20. The van der Waals surface area contributed by atoms with Gasteiger partial charge < -0.3 is 20.3 Å². The van der Waals surface area contributed by atoms with Gasteiger partial charge in [0.15, 0.2) is 0 Å². The number of amides is 2. The average Bonchev–Trinajstić information content (AvgIpc) is 3.24. The Bertz CT molecular complexity index is 841. The number of rotatable bonds is 6. The molecule has 28 heavy (non-hydrogen) atoms. The zero-order valence-electron chi connectivity index (χ0n) is 16.6. The Labute approximate surface area is 165 Å². The molecule has 3 rings (SSSR count). The molecule has 1 aliphatic rings. The van der Waals surface area contributed by atoms with E-state index in [0.717, 1.165) is 18.8 Å². The lowest BCUT2D eigenvalue weighted by molar-refractivity contribution is -0.118. The lowest BCUT2D eigenvalue weighted by atomic mass is 10.1. The maximum absolute atomic E-state index is 12.7. The van der Waals surface area contributed by atoms with E-state index >= 15 is 0 Å². The summed E-state index contributed by atoms with van der Waals surface area (Å²) in [5.41, 5.74) is 2.75. The summed E-state index contributed by atoms with van der Waals surface area (Å²) in [5.74, 6) is 0.0860. The maximum Gasteiger partial charge on any atom is 0.255 e. The van der Waals surface area contributed by atoms with Crippen LogP contribution >= 0.6 is 0 Å². The van der Waals surface area contributed by atoms with Crippen LogP contribution in [0.25, 0.3) is 0 Å². The molecule has 0 bridgehead atoms. The summed E-state index contributed by atoms with van der Waals surface area (Å²) in [6.07, 6.45) is 2.42. The van der Waals surface area contributed by atoms with Crippen molar-refractivity contribution in [1.82, 2.24) is 0 Å². The van der Waals surface area contributed by atoms with E-state index in [1.807, 2.05) is 38.1 Å². The molecule has 1 saturated heterocycles. The minimum absolute atomic E-state index is 0.115. The van der Waals surface area contributed by atoms with Crippen molar-refractivity contribution >= 4 is 28.9 Å². The van der Waals surface area contributed by atoms with Gasteiger partial charge in [-0.25, -0.2) is 0 Å². The van der Waals surface area contributed by atoms with E-state index in [-0.39, 0.29) is 17.7 Å². The summed E-state index contributed by atoms with van der Waals surface area (Å²) in [6, 6.07) is 12.8. The number of carbonyl (C=O) groups excluding carboxylic acids is 2. The monoisotopic (exact) mass is 381 g/mol. The first-order valence-electron chi connectivity index (χ1n) is 9.63. The molecule has 0 saturated carbocycles. The number of ether oxygens (including phenoxy) is 1. The van der Waals surface area contributed by atoms with Crippen LogP contribution in [0.15, 0.2) is 42.5 Å². The minimum Gasteiger partial charge on any atom is -0.497 e. The first-order chi connectivity index (χ1) is 13.5. The molecule has 2 aromatic carbocycles. The number of benzene rings is 2. The van der Waals surface area contributed by atoms with Gasteiger partial charge in [-0.05, 0) is 49.2 Å². The number of nitrogens with zero attached hydrogens (tertiary/aromatic N) is 1. The van der Waals surface area contributed by atoms with Crippen molar-refractivity contribution in [2.24, 2.45) is 5.92 Å². The number of hydrogen-bond acceptors (Lipinski definition) is 4. The normalized spacial score (nSPS) is 13.5. The molecular weight excluding hydrogens is 354 g/mol. The van der Waals surface area contributed by atoms with Crippen LogP contribution in [-0.2, 0) is 4.79 Å². The molecule has 148 valence electrons. The molecule has 2 amide bonds. The molecule has 0 unspecified atom stereocenters. The molecule has 0 aromatic heterocycles. The first-order valence-corrected chi connectivity index (χ1v) is 9.63. The average molecular weight is 381 g/mol. The minimum atomic E-state index is -0.235. The molecule has 1 aliphatic heterocycles. The number of methoxy groups -OCH3 is 1. The standard InChI is InChI=1S/C22H27N3O3/c1-15(2)21(26)23-19-11-10-18(28-3)14-20(19)24-22(27)16-6-8-17(9-7-16)25-12-4-5-13-25/h6-11,14-15H,4-5,12-13H2,1-3H3,(H,23,26)(H,24,27). The topological polar surface area (TPSA) is 70.7 Å². The lowest BCUT2D eigenvalue weighted by Gasteiger charge is -2.18. The smallest absolute Gasteiger partial charge is 0.255 e. The van der Waals surface area contributed by atoms with Gasteiger partial charge in [0.1, 0.15) is 5.75 Å². The van der Waals surface area contributed by atoms with E-state index < -0.39 is 0 Å². The Morgan fingerprint density at radius 2 is 1.64 bits per heavy atom. The van der Waals surface area contributed by atoms with Crippen molar-refractivity contribution in [3.05, 3.63) is 48.0 Å². The summed E-state index contributed by atoms with van der Waals surface area (Å²) >= 11 is 0. The number of hydrogen-bond donors (Lipinski definition) is 2. The van der Waals surface area contributed by atoms with Crippen LogP contribution in [-0.4, -0.2) is 32.0 Å². The summed E-state index contributed by atoms with van der Waals surface area (Å²) in [5, 5.41) is 5.74. The SMILES string of the molecule is COc1ccc(NC(=O)C(C)C)c(NC(=O)c2ccc(N3CCCC3)cc2)c1. The molecule has 0 spiro atoms. The quantitative estimate of drug-likeness (QED) is 0.789. The van der Waals surface area contributed by atoms with Gasteiger partial charge in [-0.2, -0.15) is 0 Å². The Hall–Kier alpha value is -3.02. The second-order valence-corrected chi connectivity index (χ2v) is 7.25. The van der Waals surface area contributed by atoms with Crippen LogP contribution < -0.4 is 20.3 Å². The van der Waals surface area contributed by atoms with Crippen LogP contribution in [0.3, 0.4) is 0 Å². The Kier molecular flexibility index (Phi) is 6.19. The van der Waals surface area contributed by atoms with Gasteiger partial charge in [0.25, 0.3) is 5.91 Å². The number of carbonyl (C=O) groups is 2. The Morgan fingerprint density at radius 1 is 0.964 bits per heavy atom. The van der Waals surface area contributed by atoms with E-state index in [1.54, 1.807) is 25.3 Å². The van der Waals surface area contributed by atoms with Crippen molar-refractivity contribution in [2.45, 2.75) is 26.7 Å². The maximum atomic E-state index is 12.7. The van der Waals surface area contributed by atoms with Gasteiger partial charge in [-0.1, -0.05) is 13.8 Å². The second-order valence-electron chi connectivity index (χ2n) is 7.25. The summed E-state index contributed by atoms with van der Waals surface area (Å²) in [6.45, 7) is 5.76. The van der Waals surface area contributed by atoms with Crippen LogP contribution in [0, 0.1) is 5.92 Å². The summed E-state index contributed by atoms with van der Waals surface area (Å²) < 4.78 is 5.25. The third-order valence-corrected chi connectivity index (χ3v) is 4.86. The molecule has 6 heteroatoms. The fourth-order valence-corrected chi connectivity index (χ4v) is 3.13. The fourth-order valence-electron chi connectivity index (χ4n) is 3.13. The van der Waals surface area contributed by atoms with Crippen LogP contribution in [0.1, 0.15) is 37.0 Å². The van der Waals surface area contributed by atoms with Crippen molar-refractivity contribution in [2.75, 3.05) is 35.7 Å². The van der Waals surface area contributed by atoms with Gasteiger partial charge >= 0.3 is 0 Å². The molecule has 0 atom stereocenters. The van der Waals surface area contributed by atoms with Gasteiger partial charge in [-0.15, -0.1) is 0 Å². The largest absolute Gasteiger partial charge is 0.497 e. The van der Waals surface area contributed by atoms with Crippen LogP contribution in [0.5, 0.6) is 5.75 Å². The van der Waals surface area contributed by atoms with E-state index in [2.05, 4.69) is 15.5 Å². The van der Waals surface area contributed by atoms with Crippen molar-refractivity contribution < 1.29 is 14.3 Å². The van der Waals surface area contributed by atoms with E-state index in [0.29, 0.717) is 22.7 Å². The molecule has 2 N–H and O–H groups in total. The van der Waals surface area contributed by atoms with E-state index in [1.165, 1.54) is 12.8 Å². The molecule has 1 heterocycles. The zero-order chi connectivity index (χ0) is 20.1. The molecule has 0 radical (unpaired) electrons. The van der Waals surface area contributed by atoms with E-state index in [9.17, 15) is 9.59 Å². The Morgan fingerprint density at radius 3 is 2.25 bits per heavy atom. The second kappa shape index (κ2) is 8.78. The number of nitrogens with one attached hydrogen (secondary N) is 2. The summed E-state index contributed by atoms with van der Waals surface area (Å²) in [7, 11) is 1.56. The van der Waals surface area contributed by atoms with Crippen molar-refractivity contribution in [3.63, 3.8) is 0 Å². The van der Waals surface area contributed by atoms with Crippen molar-refractivity contribution in [3.8, 4) is 5.75 Å². The van der Waals surface area contributed by atoms with Crippen LogP contribution in [0.4, 0.5) is 17.1 Å². The van der Waals surface area contributed by atoms with Gasteiger partial charge in [0, 0.05) is 36.3 Å². The predicted octanol–water partition coefficient (Wildman–Crippen LogP) is 4.14. The third kappa shape index (κ3) is 4.63. The predicted molar refractivity (Wildman–Crippen MR) is 112 cm³/mol. The van der Waals surface area contributed by atoms with Gasteiger partial charge in [0.2, 0.25) is 5.91 Å². The van der Waals surface area contributed by atoms with Crippen LogP contribution in [0.2, 0.25) is 0 Å².